The Morgan fingerprint density at radius 2 is 1.72 bits per heavy atom. The zero-order valence-corrected chi connectivity index (χ0v) is 11.7. The lowest BCUT2D eigenvalue weighted by Gasteiger charge is -2.32. The van der Waals surface area contributed by atoms with E-state index in [9.17, 15) is 5.11 Å². The molecule has 18 heavy (non-hydrogen) atoms. The molecular weight excluding hydrogens is 229 g/mol. The molecule has 1 aliphatic heterocycles. The number of nitrogens with zero attached hydrogens (tertiary/aromatic N) is 1. The maximum atomic E-state index is 9.39. The number of aromatic nitrogens is 1. The van der Waals surface area contributed by atoms with Gasteiger partial charge in [-0.05, 0) is 40.7 Å². The van der Waals surface area contributed by atoms with E-state index < -0.39 is 7.12 Å². The van der Waals surface area contributed by atoms with Crippen LogP contribution in [0.3, 0.4) is 0 Å². The molecule has 98 valence electrons. The minimum absolute atomic E-state index is 0.110. The summed E-state index contributed by atoms with van der Waals surface area (Å²) in [6.45, 7) is 9.81. The van der Waals surface area contributed by atoms with Gasteiger partial charge in [0.05, 0.1) is 23.5 Å². The van der Waals surface area contributed by atoms with Crippen LogP contribution in [0, 0.1) is 6.92 Å². The highest BCUT2D eigenvalue weighted by Gasteiger charge is 2.52. The van der Waals surface area contributed by atoms with Crippen molar-refractivity contribution in [1.29, 1.82) is 0 Å². The summed E-state index contributed by atoms with van der Waals surface area (Å²) < 4.78 is 11.9. The number of hydrogen-bond donors (Lipinski definition) is 1. The van der Waals surface area contributed by atoms with E-state index in [1.807, 2.05) is 46.8 Å². The van der Waals surface area contributed by atoms with E-state index in [1.54, 1.807) is 0 Å². The molecule has 2 heterocycles. The average Bonchev–Trinajstić information content (AvgIpc) is 2.47. The molecule has 1 fully saturated rings. The fourth-order valence-corrected chi connectivity index (χ4v) is 1.93. The van der Waals surface area contributed by atoms with E-state index in [0.29, 0.717) is 5.69 Å². The monoisotopic (exact) mass is 249 g/mol. The quantitative estimate of drug-likeness (QED) is 0.799. The van der Waals surface area contributed by atoms with Gasteiger partial charge in [0.1, 0.15) is 0 Å². The number of pyridine rings is 1. The van der Waals surface area contributed by atoms with Gasteiger partial charge in [0.15, 0.2) is 0 Å². The minimum atomic E-state index is -0.467. The molecule has 0 unspecified atom stereocenters. The summed E-state index contributed by atoms with van der Waals surface area (Å²) in [5.41, 5.74) is 1.54. The Hall–Kier alpha value is -0.905. The predicted molar refractivity (Wildman–Crippen MR) is 70.6 cm³/mol. The topological polar surface area (TPSA) is 51.6 Å². The molecule has 1 N–H and O–H groups in total. The van der Waals surface area contributed by atoms with Crippen LogP contribution in [0.1, 0.15) is 39.1 Å². The molecular formula is C13H20BNO3. The van der Waals surface area contributed by atoms with Crippen LogP contribution in [0.2, 0.25) is 0 Å². The Kier molecular flexibility index (Phi) is 3.26. The molecule has 1 aromatic rings. The summed E-state index contributed by atoms with van der Waals surface area (Å²) in [6.07, 6.45) is 0. The van der Waals surface area contributed by atoms with E-state index in [-0.39, 0.29) is 17.8 Å². The summed E-state index contributed by atoms with van der Waals surface area (Å²) in [6, 6.07) is 3.82. The Bertz CT molecular complexity index is 444. The first-order valence-electron chi connectivity index (χ1n) is 6.20. The Balaban J connectivity index is 2.35. The highest BCUT2D eigenvalue weighted by atomic mass is 16.7. The third kappa shape index (κ3) is 2.18. The van der Waals surface area contributed by atoms with Gasteiger partial charge in [0, 0.05) is 11.2 Å². The molecule has 0 amide bonds. The smallest absolute Gasteiger partial charge is 0.399 e. The largest absolute Gasteiger partial charge is 0.496 e. The van der Waals surface area contributed by atoms with E-state index >= 15 is 0 Å². The second-order valence-corrected chi connectivity index (χ2v) is 5.73. The molecule has 0 aliphatic carbocycles. The lowest BCUT2D eigenvalue weighted by Crippen LogP contribution is -2.41. The molecule has 4 nitrogen and oxygen atoms in total. The van der Waals surface area contributed by atoms with Crippen molar-refractivity contribution in [3.05, 3.63) is 23.5 Å². The van der Waals surface area contributed by atoms with Crippen molar-refractivity contribution in [1.82, 2.24) is 4.98 Å². The molecule has 5 heteroatoms. The summed E-state index contributed by atoms with van der Waals surface area (Å²) in [4.78, 5) is 4.32. The van der Waals surface area contributed by atoms with E-state index in [1.165, 1.54) is 0 Å². The SMILES string of the molecule is Cc1ccc(B2OC(C)(C)C(C)(C)O2)c(CO)n1. The van der Waals surface area contributed by atoms with Crippen molar-refractivity contribution < 1.29 is 14.4 Å². The molecule has 0 bridgehead atoms. The van der Waals surface area contributed by atoms with Crippen LogP contribution in [0.5, 0.6) is 0 Å². The highest BCUT2D eigenvalue weighted by Crippen LogP contribution is 2.36. The maximum absolute atomic E-state index is 9.39. The number of aliphatic hydroxyl groups is 1. The molecule has 0 saturated carbocycles. The molecule has 0 aromatic carbocycles. The summed E-state index contributed by atoms with van der Waals surface area (Å²) in [7, 11) is -0.467. The standard InChI is InChI=1S/C13H20BNO3/c1-9-6-7-10(11(8-16)15-9)14-17-12(2,3)13(4,5)18-14/h6-7,16H,8H2,1-5H3. The van der Waals surface area contributed by atoms with Crippen molar-refractivity contribution >= 4 is 12.6 Å². The predicted octanol–water partition coefficient (Wildman–Crippen LogP) is 1.18. The molecule has 0 spiro atoms. The first kappa shape index (κ1) is 13.5. The molecule has 1 aliphatic rings. The van der Waals surface area contributed by atoms with Crippen molar-refractivity contribution in [3.8, 4) is 0 Å². The Morgan fingerprint density at radius 3 is 2.22 bits per heavy atom. The third-order valence-electron chi connectivity index (χ3n) is 3.81. The summed E-state index contributed by atoms with van der Waals surface area (Å²) in [5, 5.41) is 9.39. The van der Waals surface area contributed by atoms with Gasteiger partial charge in [-0.3, -0.25) is 4.98 Å². The lowest BCUT2D eigenvalue weighted by molar-refractivity contribution is 0.00578. The van der Waals surface area contributed by atoms with Gasteiger partial charge >= 0.3 is 7.12 Å². The molecule has 1 saturated heterocycles. The fourth-order valence-electron chi connectivity index (χ4n) is 1.93. The van der Waals surface area contributed by atoms with Gasteiger partial charge in [-0.15, -0.1) is 0 Å². The number of rotatable bonds is 2. The van der Waals surface area contributed by atoms with Crippen molar-refractivity contribution in [2.45, 2.75) is 52.4 Å². The number of hydrogen-bond acceptors (Lipinski definition) is 4. The first-order chi connectivity index (χ1) is 8.27. The third-order valence-corrected chi connectivity index (χ3v) is 3.81. The second-order valence-electron chi connectivity index (χ2n) is 5.73. The average molecular weight is 249 g/mol. The van der Waals surface area contributed by atoms with Gasteiger partial charge in [0.2, 0.25) is 0 Å². The van der Waals surface area contributed by atoms with Crippen LogP contribution in [0.15, 0.2) is 12.1 Å². The molecule has 0 atom stereocenters. The van der Waals surface area contributed by atoms with Crippen LogP contribution in [0.25, 0.3) is 0 Å². The Labute approximate surface area is 108 Å². The van der Waals surface area contributed by atoms with Gasteiger partial charge in [0.25, 0.3) is 0 Å². The zero-order valence-electron chi connectivity index (χ0n) is 11.7. The van der Waals surface area contributed by atoms with E-state index in [0.717, 1.165) is 11.2 Å². The minimum Gasteiger partial charge on any atom is -0.399 e. The molecule has 2 rings (SSSR count). The second kappa shape index (κ2) is 4.33. The van der Waals surface area contributed by atoms with E-state index in [2.05, 4.69) is 4.98 Å². The normalized spacial score (nSPS) is 21.3. The maximum Gasteiger partial charge on any atom is 0.496 e. The van der Waals surface area contributed by atoms with Gasteiger partial charge in [-0.2, -0.15) is 0 Å². The van der Waals surface area contributed by atoms with Crippen LogP contribution < -0.4 is 5.46 Å². The van der Waals surface area contributed by atoms with Gasteiger partial charge in [-0.25, -0.2) is 0 Å². The van der Waals surface area contributed by atoms with E-state index in [4.69, 9.17) is 9.31 Å². The molecule has 0 radical (unpaired) electrons. The van der Waals surface area contributed by atoms with Crippen LogP contribution >= 0.6 is 0 Å². The van der Waals surface area contributed by atoms with Crippen molar-refractivity contribution in [2.75, 3.05) is 0 Å². The fraction of sp³-hybridized carbons (Fsp3) is 0.615. The number of aryl methyl sites for hydroxylation is 1. The van der Waals surface area contributed by atoms with Crippen molar-refractivity contribution in [3.63, 3.8) is 0 Å². The summed E-state index contributed by atoms with van der Waals surface area (Å²) >= 11 is 0. The van der Waals surface area contributed by atoms with Crippen LogP contribution in [-0.2, 0) is 15.9 Å². The van der Waals surface area contributed by atoms with Crippen LogP contribution in [0.4, 0.5) is 0 Å². The first-order valence-corrected chi connectivity index (χ1v) is 6.20. The number of aliphatic hydroxyl groups excluding tert-OH is 1. The highest BCUT2D eigenvalue weighted by molar-refractivity contribution is 6.62. The van der Waals surface area contributed by atoms with Crippen LogP contribution in [-0.4, -0.2) is 28.4 Å². The van der Waals surface area contributed by atoms with Crippen molar-refractivity contribution in [2.24, 2.45) is 0 Å². The zero-order chi connectivity index (χ0) is 13.6. The summed E-state index contributed by atoms with van der Waals surface area (Å²) in [5.74, 6) is 0. The van der Waals surface area contributed by atoms with Gasteiger partial charge in [-0.1, -0.05) is 6.07 Å². The molecule has 1 aromatic heterocycles. The Morgan fingerprint density at radius 1 is 1.17 bits per heavy atom. The lowest BCUT2D eigenvalue weighted by atomic mass is 9.77. The van der Waals surface area contributed by atoms with Gasteiger partial charge < -0.3 is 14.4 Å².